The molecule has 0 spiro atoms. The van der Waals surface area contributed by atoms with Crippen LogP contribution in [-0.4, -0.2) is 31.4 Å². The van der Waals surface area contributed by atoms with Crippen LogP contribution in [0.1, 0.15) is 12.0 Å². The van der Waals surface area contributed by atoms with Gasteiger partial charge < -0.3 is 14.6 Å². The van der Waals surface area contributed by atoms with Gasteiger partial charge in [0.1, 0.15) is 5.75 Å². The largest absolute Gasteiger partial charge is 0.494 e. The molecule has 0 heterocycles. The third-order valence-corrected chi connectivity index (χ3v) is 2.07. The first-order valence-corrected chi connectivity index (χ1v) is 5.15. The average Bonchev–Trinajstić information content (AvgIpc) is 2.31. The number of aliphatic hydroxyl groups is 1. The SMILES string of the molecule is COC(=O)Cc1ccc(OCCCO)cc1. The minimum absolute atomic E-state index is 0.125. The van der Waals surface area contributed by atoms with E-state index in [1.54, 1.807) is 12.1 Å². The number of hydrogen-bond acceptors (Lipinski definition) is 4. The molecule has 0 aliphatic carbocycles. The van der Waals surface area contributed by atoms with E-state index in [0.29, 0.717) is 13.0 Å². The molecule has 0 unspecified atom stereocenters. The summed E-state index contributed by atoms with van der Waals surface area (Å²) in [6, 6.07) is 7.25. The molecule has 4 nitrogen and oxygen atoms in total. The number of ether oxygens (including phenoxy) is 2. The second kappa shape index (κ2) is 6.85. The Kier molecular flexibility index (Phi) is 5.36. The molecule has 88 valence electrons. The number of benzene rings is 1. The Bertz CT molecular complexity index is 318. The molecular formula is C12H16O4. The normalized spacial score (nSPS) is 9.88. The molecule has 4 heteroatoms. The molecule has 1 N–H and O–H groups in total. The lowest BCUT2D eigenvalue weighted by Gasteiger charge is -2.05. The van der Waals surface area contributed by atoms with Crippen molar-refractivity contribution >= 4 is 5.97 Å². The van der Waals surface area contributed by atoms with Crippen molar-refractivity contribution in [3.8, 4) is 5.75 Å². The van der Waals surface area contributed by atoms with Crippen molar-refractivity contribution < 1.29 is 19.4 Å². The predicted octanol–water partition coefficient (Wildman–Crippen LogP) is 1.16. The number of rotatable bonds is 6. The summed E-state index contributed by atoms with van der Waals surface area (Å²) in [6.45, 7) is 0.618. The maximum Gasteiger partial charge on any atom is 0.309 e. The molecule has 0 amide bonds. The minimum atomic E-state index is -0.256. The van der Waals surface area contributed by atoms with E-state index < -0.39 is 0 Å². The first kappa shape index (κ1) is 12.5. The molecule has 0 aromatic heterocycles. The van der Waals surface area contributed by atoms with Crippen LogP contribution in [-0.2, 0) is 16.0 Å². The Morgan fingerprint density at radius 3 is 2.56 bits per heavy atom. The molecular weight excluding hydrogens is 208 g/mol. The fourth-order valence-corrected chi connectivity index (χ4v) is 1.20. The first-order valence-electron chi connectivity index (χ1n) is 5.15. The van der Waals surface area contributed by atoms with Gasteiger partial charge in [-0.1, -0.05) is 12.1 Å². The molecule has 0 fully saturated rings. The van der Waals surface area contributed by atoms with Gasteiger partial charge in [-0.15, -0.1) is 0 Å². The summed E-state index contributed by atoms with van der Waals surface area (Å²) in [5.41, 5.74) is 0.890. The highest BCUT2D eigenvalue weighted by Gasteiger charge is 2.02. The Labute approximate surface area is 94.8 Å². The van der Waals surface area contributed by atoms with E-state index in [4.69, 9.17) is 9.84 Å². The van der Waals surface area contributed by atoms with Crippen molar-refractivity contribution in [3.05, 3.63) is 29.8 Å². The quantitative estimate of drug-likeness (QED) is 0.582. The molecule has 0 bridgehead atoms. The minimum Gasteiger partial charge on any atom is -0.494 e. The van der Waals surface area contributed by atoms with E-state index in [9.17, 15) is 4.79 Å². The number of methoxy groups -OCH3 is 1. The maximum absolute atomic E-state index is 11.0. The van der Waals surface area contributed by atoms with Crippen LogP contribution in [0.3, 0.4) is 0 Å². The summed E-state index contributed by atoms with van der Waals surface area (Å²) in [5.74, 6) is 0.482. The topological polar surface area (TPSA) is 55.8 Å². The Hall–Kier alpha value is -1.55. The van der Waals surface area contributed by atoms with Gasteiger partial charge in [0.25, 0.3) is 0 Å². The molecule has 0 saturated carbocycles. The van der Waals surface area contributed by atoms with Crippen LogP contribution in [0.4, 0.5) is 0 Å². The van der Waals surface area contributed by atoms with Gasteiger partial charge in [0, 0.05) is 13.0 Å². The molecule has 1 rings (SSSR count). The maximum atomic E-state index is 11.0. The fourth-order valence-electron chi connectivity index (χ4n) is 1.20. The van der Waals surface area contributed by atoms with Gasteiger partial charge in [-0.2, -0.15) is 0 Å². The highest BCUT2D eigenvalue weighted by Crippen LogP contribution is 2.13. The summed E-state index contributed by atoms with van der Waals surface area (Å²) in [4.78, 5) is 11.0. The summed E-state index contributed by atoms with van der Waals surface area (Å²) in [5, 5.41) is 8.58. The van der Waals surface area contributed by atoms with Gasteiger partial charge >= 0.3 is 5.97 Å². The van der Waals surface area contributed by atoms with Crippen molar-refractivity contribution in [1.29, 1.82) is 0 Å². The van der Waals surface area contributed by atoms with Gasteiger partial charge in [-0.25, -0.2) is 0 Å². The van der Waals surface area contributed by atoms with Gasteiger partial charge in [0.05, 0.1) is 20.1 Å². The van der Waals surface area contributed by atoms with E-state index in [1.165, 1.54) is 7.11 Å². The van der Waals surface area contributed by atoms with Crippen LogP contribution in [0.2, 0.25) is 0 Å². The fraction of sp³-hybridized carbons (Fsp3) is 0.417. The van der Waals surface area contributed by atoms with Crippen molar-refractivity contribution in [3.63, 3.8) is 0 Å². The molecule has 0 saturated heterocycles. The standard InChI is InChI=1S/C12H16O4/c1-15-12(14)9-10-3-5-11(6-4-10)16-8-2-7-13/h3-6,13H,2,7-9H2,1H3. The Morgan fingerprint density at radius 2 is 2.00 bits per heavy atom. The second-order valence-corrected chi connectivity index (χ2v) is 3.32. The second-order valence-electron chi connectivity index (χ2n) is 3.32. The lowest BCUT2D eigenvalue weighted by Crippen LogP contribution is -2.04. The summed E-state index contributed by atoms with van der Waals surface area (Å²) in [6.07, 6.45) is 0.886. The summed E-state index contributed by atoms with van der Waals surface area (Å²) < 4.78 is 9.92. The zero-order valence-corrected chi connectivity index (χ0v) is 9.31. The zero-order chi connectivity index (χ0) is 11.8. The Morgan fingerprint density at radius 1 is 1.31 bits per heavy atom. The van der Waals surface area contributed by atoms with E-state index >= 15 is 0 Å². The van der Waals surface area contributed by atoms with Gasteiger partial charge in [-0.05, 0) is 17.7 Å². The molecule has 1 aromatic carbocycles. The van der Waals surface area contributed by atoms with E-state index in [2.05, 4.69) is 4.74 Å². The number of esters is 1. The Balaban J connectivity index is 2.44. The molecule has 16 heavy (non-hydrogen) atoms. The van der Waals surface area contributed by atoms with Gasteiger partial charge in [0.2, 0.25) is 0 Å². The molecule has 0 aliphatic rings. The highest BCUT2D eigenvalue weighted by molar-refractivity contribution is 5.72. The number of carbonyl (C=O) groups excluding carboxylic acids is 1. The third-order valence-electron chi connectivity index (χ3n) is 2.07. The highest BCUT2D eigenvalue weighted by atomic mass is 16.5. The van der Waals surface area contributed by atoms with Crippen LogP contribution in [0.25, 0.3) is 0 Å². The van der Waals surface area contributed by atoms with E-state index in [0.717, 1.165) is 11.3 Å². The van der Waals surface area contributed by atoms with Crippen LogP contribution in [0.15, 0.2) is 24.3 Å². The van der Waals surface area contributed by atoms with Crippen molar-refractivity contribution in [2.24, 2.45) is 0 Å². The lowest BCUT2D eigenvalue weighted by atomic mass is 10.1. The van der Waals surface area contributed by atoms with E-state index in [-0.39, 0.29) is 19.0 Å². The van der Waals surface area contributed by atoms with Crippen molar-refractivity contribution in [1.82, 2.24) is 0 Å². The predicted molar refractivity (Wildman–Crippen MR) is 59.4 cm³/mol. The third kappa shape index (κ3) is 4.31. The smallest absolute Gasteiger partial charge is 0.309 e. The first-order chi connectivity index (χ1) is 7.76. The molecule has 1 aromatic rings. The van der Waals surface area contributed by atoms with Crippen LogP contribution in [0, 0.1) is 0 Å². The monoisotopic (exact) mass is 224 g/mol. The summed E-state index contributed by atoms with van der Waals surface area (Å²) in [7, 11) is 1.37. The zero-order valence-electron chi connectivity index (χ0n) is 9.31. The molecule has 0 radical (unpaired) electrons. The van der Waals surface area contributed by atoms with Crippen LogP contribution < -0.4 is 4.74 Å². The van der Waals surface area contributed by atoms with Gasteiger partial charge in [-0.3, -0.25) is 4.79 Å². The van der Waals surface area contributed by atoms with E-state index in [1.807, 2.05) is 12.1 Å². The summed E-state index contributed by atoms with van der Waals surface area (Å²) >= 11 is 0. The number of carbonyl (C=O) groups is 1. The number of hydrogen-bond donors (Lipinski definition) is 1. The van der Waals surface area contributed by atoms with Gasteiger partial charge in [0.15, 0.2) is 0 Å². The molecule has 0 aliphatic heterocycles. The van der Waals surface area contributed by atoms with Crippen LogP contribution >= 0.6 is 0 Å². The number of aliphatic hydroxyl groups excluding tert-OH is 1. The van der Waals surface area contributed by atoms with Crippen LogP contribution in [0.5, 0.6) is 5.75 Å². The molecule has 0 atom stereocenters. The lowest BCUT2D eigenvalue weighted by molar-refractivity contribution is -0.139. The van der Waals surface area contributed by atoms with Crippen molar-refractivity contribution in [2.75, 3.05) is 20.3 Å². The van der Waals surface area contributed by atoms with Crippen molar-refractivity contribution in [2.45, 2.75) is 12.8 Å². The average molecular weight is 224 g/mol.